The Hall–Kier alpha value is -4.02. The van der Waals surface area contributed by atoms with Gasteiger partial charge < -0.3 is 33.8 Å². The highest BCUT2D eigenvalue weighted by molar-refractivity contribution is 7.47. The molecule has 0 aromatic carbocycles. The average Bonchev–Trinajstić information content (AvgIpc) is 1.17. The fourth-order valence-corrected chi connectivity index (χ4v) is 11.5. The van der Waals surface area contributed by atoms with Gasteiger partial charge in [-0.25, -0.2) is 9.13 Å². The standard InChI is InChI=1S/C77H134O17P2/c1-5-9-13-17-21-25-29-32-34-35-37-40-43-46-50-54-58-62-75(80)88-68-73(94-77(82)64-60-56-52-48-44-38-31-27-23-19-15-11-7-3)70-92-96(85,86)90-66-71(78)65-89-95(83,84)91-69-72(93-76(81)63-59-55-51-47-41-28-24-20-16-12-8-4)67-87-74(79)61-57-53-49-45-42-39-36-33-30-26-22-18-14-10-6-2/h9-10,13-14,21-22,25-26,32-34,36-37,40,46,50,71-73,78H,5-8,11-12,15-20,23-24,27-31,35,38-39,41-45,47-49,51-70H2,1-4H3,(H,83,84)(H,85,86)/b13-9-,14-10-,25-21-,26-22-,34-32-,36-33-,40-37-,50-46-. The van der Waals surface area contributed by atoms with Crippen LogP contribution in [0.15, 0.2) is 97.2 Å². The minimum atomic E-state index is -4.98. The van der Waals surface area contributed by atoms with Crippen LogP contribution in [0, 0.1) is 0 Å². The number of esters is 4. The summed E-state index contributed by atoms with van der Waals surface area (Å²) in [5.41, 5.74) is 0. The van der Waals surface area contributed by atoms with Crippen LogP contribution in [0.5, 0.6) is 0 Å². The molecule has 5 atom stereocenters. The summed E-state index contributed by atoms with van der Waals surface area (Å²) in [5, 5.41) is 10.6. The molecular weight excluding hydrogens is 1260 g/mol. The molecule has 0 rings (SSSR count). The zero-order valence-electron chi connectivity index (χ0n) is 60.3. The van der Waals surface area contributed by atoms with Crippen LogP contribution in [-0.2, 0) is 65.4 Å². The molecule has 0 aliphatic carbocycles. The van der Waals surface area contributed by atoms with Crippen LogP contribution in [-0.4, -0.2) is 96.7 Å². The third-order valence-electron chi connectivity index (χ3n) is 15.6. The van der Waals surface area contributed by atoms with Crippen molar-refractivity contribution < 1.29 is 80.2 Å². The molecule has 0 saturated carbocycles. The fraction of sp³-hybridized carbons (Fsp3) is 0.740. The van der Waals surface area contributed by atoms with E-state index in [1.807, 2.05) is 12.2 Å². The van der Waals surface area contributed by atoms with Crippen LogP contribution in [0.1, 0.15) is 310 Å². The van der Waals surface area contributed by atoms with E-state index in [1.165, 1.54) is 89.9 Å². The van der Waals surface area contributed by atoms with Gasteiger partial charge in [0.1, 0.15) is 19.3 Å². The van der Waals surface area contributed by atoms with E-state index in [0.29, 0.717) is 32.1 Å². The van der Waals surface area contributed by atoms with Crippen molar-refractivity contribution in [1.82, 2.24) is 0 Å². The Morgan fingerprint density at radius 2 is 0.552 bits per heavy atom. The summed E-state index contributed by atoms with van der Waals surface area (Å²) in [6.45, 7) is 4.57. The number of ether oxygens (including phenoxy) is 4. The van der Waals surface area contributed by atoms with E-state index in [-0.39, 0.29) is 25.7 Å². The van der Waals surface area contributed by atoms with Crippen molar-refractivity contribution in [3.8, 4) is 0 Å². The molecule has 0 fully saturated rings. The summed E-state index contributed by atoms with van der Waals surface area (Å²) in [5.74, 6) is -2.25. The molecule has 554 valence electrons. The highest BCUT2D eigenvalue weighted by Crippen LogP contribution is 2.45. The summed E-state index contributed by atoms with van der Waals surface area (Å²) < 4.78 is 68.3. The van der Waals surface area contributed by atoms with Crippen LogP contribution in [0.4, 0.5) is 0 Å². The predicted octanol–water partition coefficient (Wildman–Crippen LogP) is 21.2. The lowest BCUT2D eigenvalue weighted by molar-refractivity contribution is -0.161. The lowest BCUT2D eigenvalue weighted by Gasteiger charge is -2.21. The maximum atomic E-state index is 13.1. The summed E-state index contributed by atoms with van der Waals surface area (Å²) in [6, 6.07) is 0. The first-order chi connectivity index (χ1) is 46.7. The van der Waals surface area contributed by atoms with E-state index in [2.05, 4.69) is 113 Å². The van der Waals surface area contributed by atoms with E-state index in [9.17, 15) is 43.2 Å². The lowest BCUT2D eigenvalue weighted by Crippen LogP contribution is -2.30. The van der Waals surface area contributed by atoms with Crippen molar-refractivity contribution >= 4 is 39.5 Å². The van der Waals surface area contributed by atoms with Crippen molar-refractivity contribution in [1.29, 1.82) is 0 Å². The summed E-state index contributed by atoms with van der Waals surface area (Å²) in [4.78, 5) is 72.7. The highest BCUT2D eigenvalue weighted by Gasteiger charge is 2.30. The van der Waals surface area contributed by atoms with E-state index in [1.54, 1.807) is 0 Å². The number of carbonyl (C=O) groups excluding carboxylic acids is 4. The van der Waals surface area contributed by atoms with E-state index in [0.717, 1.165) is 135 Å². The Morgan fingerprint density at radius 1 is 0.302 bits per heavy atom. The maximum absolute atomic E-state index is 13.1. The number of carbonyl (C=O) groups is 4. The molecule has 0 heterocycles. The van der Waals surface area contributed by atoms with Crippen LogP contribution < -0.4 is 0 Å². The fourth-order valence-electron chi connectivity index (χ4n) is 9.92. The van der Waals surface area contributed by atoms with Gasteiger partial charge in [0.25, 0.3) is 0 Å². The van der Waals surface area contributed by atoms with Gasteiger partial charge in [0.05, 0.1) is 26.4 Å². The number of hydrogen-bond acceptors (Lipinski definition) is 15. The quantitative estimate of drug-likeness (QED) is 0.0169. The molecule has 19 heteroatoms. The van der Waals surface area contributed by atoms with Gasteiger partial charge in [-0.3, -0.25) is 37.3 Å². The van der Waals surface area contributed by atoms with Crippen LogP contribution in [0.2, 0.25) is 0 Å². The molecule has 3 N–H and O–H groups in total. The largest absolute Gasteiger partial charge is 0.472 e. The third kappa shape index (κ3) is 68.5. The van der Waals surface area contributed by atoms with Crippen molar-refractivity contribution in [2.75, 3.05) is 39.6 Å². The molecule has 0 bridgehead atoms. The zero-order valence-corrected chi connectivity index (χ0v) is 62.1. The van der Waals surface area contributed by atoms with Gasteiger partial charge in [-0.15, -0.1) is 0 Å². The van der Waals surface area contributed by atoms with E-state index >= 15 is 0 Å². The molecule has 0 amide bonds. The second-order valence-corrected chi connectivity index (χ2v) is 27.7. The number of allylic oxidation sites excluding steroid dienone is 16. The van der Waals surface area contributed by atoms with Crippen molar-refractivity contribution in [3.05, 3.63) is 97.2 Å². The third-order valence-corrected chi connectivity index (χ3v) is 17.5. The minimum Gasteiger partial charge on any atom is -0.462 e. The minimum absolute atomic E-state index is 0.0850. The highest BCUT2D eigenvalue weighted by atomic mass is 31.2. The van der Waals surface area contributed by atoms with Gasteiger partial charge in [0, 0.05) is 25.7 Å². The molecule has 0 aliphatic heterocycles. The van der Waals surface area contributed by atoms with Gasteiger partial charge in [0.15, 0.2) is 12.2 Å². The van der Waals surface area contributed by atoms with Crippen molar-refractivity contribution in [2.45, 2.75) is 329 Å². The normalized spacial score (nSPS) is 14.5. The topological polar surface area (TPSA) is 237 Å². The Labute approximate surface area is 582 Å². The van der Waals surface area contributed by atoms with Crippen LogP contribution in [0.3, 0.4) is 0 Å². The molecule has 0 spiro atoms. The SMILES string of the molecule is CC/C=C\C/C=C\C/C=C\C/C=C\C/C=C\CCCC(=O)OCC(COP(=O)(O)OCC(O)COP(=O)(O)OCC(COC(=O)CCCCCCC/C=C\C/C=C\C/C=C\CC)OC(=O)CCCCCCCCCCCCC)OC(=O)CCCCCCCCCCCCCCC. The number of hydrogen-bond donors (Lipinski definition) is 3. The summed E-state index contributed by atoms with van der Waals surface area (Å²) in [6.07, 6.45) is 71.3. The summed E-state index contributed by atoms with van der Waals surface area (Å²) >= 11 is 0. The Balaban J connectivity index is 5.36. The second-order valence-electron chi connectivity index (χ2n) is 24.8. The smallest absolute Gasteiger partial charge is 0.462 e. The molecule has 5 unspecified atom stereocenters. The Bertz CT molecular complexity index is 2200. The molecule has 0 saturated heterocycles. The first-order valence-electron chi connectivity index (χ1n) is 37.5. The number of rotatable bonds is 70. The van der Waals surface area contributed by atoms with Gasteiger partial charge in [-0.05, 0) is 96.3 Å². The molecular formula is C77H134O17P2. The number of unbranched alkanes of at least 4 members (excludes halogenated alkanes) is 28. The Kier molecular flexibility index (Phi) is 66.6. The molecule has 0 radical (unpaired) electrons. The number of phosphoric ester groups is 2. The molecule has 0 aromatic rings. The van der Waals surface area contributed by atoms with Crippen molar-refractivity contribution in [2.24, 2.45) is 0 Å². The van der Waals surface area contributed by atoms with Gasteiger partial charge in [-0.2, -0.15) is 0 Å². The molecule has 0 aliphatic rings. The van der Waals surface area contributed by atoms with Crippen LogP contribution in [0.25, 0.3) is 0 Å². The zero-order chi connectivity index (χ0) is 70.4. The predicted molar refractivity (Wildman–Crippen MR) is 390 cm³/mol. The number of aliphatic hydroxyl groups is 1. The first kappa shape index (κ1) is 92.0. The molecule has 96 heavy (non-hydrogen) atoms. The van der Waals surface area contributed by atoms with Gasteiger partial charge >= 0.3 is 39.5 Å². The number of phosphoric acid groups is 2. The molecule has 0 aromatic heterocycles. The Morgan fingerprint density at radius 3 is 0.875 bits per heavy atom. The monoisotopic (exact) mass is 1390 g/mol. The maximum Gasteiger partial charge on any atom is 0.472 e. The van der Waals surface area contributed by atoms with Gasteiger partial charge in [-0.1, -0.05) is 285 Å². The van der Waals surface area contributed by atoms with Crippen molar-refractivity contribution in [3.63, 3.8) is 0 Å². The van der Waals surface area contributed by atoms with E-state index < -0.39 is 97.5 Å². The van der Waals surface area contributed by atoms with Gasteiger partial charge in [0.2, 0.25) is 0 Å². The number of aliphatic hydroxyl groups excluding tert-OH is 1. The average molecular weight is 1390 g/mol. The first-order valence-corrected chi connectivity index (χ1v) is 40.5. The summed E-state index contributed by atoms with van der Waals surface area (Å²) in [7, 11) is -9.95. The van der Waals surface area contributed by atoms with Crippen LogP contribution >= 0.6 is 15.6 Å². The molecule has 17 nitrogen and oxygen atoms in total. The lowest BCUT2D eigenvalue weighted by atomic mass is 10.0. The van der Waals surface area contributed by atoms with E-state index in [4.69, 9.17) is 37.0 Å². The second kappa shape index (κ2) is 69.5.